The van der Waals surface area contributed by atoms with E-state index in [9.17, 15) is 4.79 Å². The van der Waals surface area contributed by atoms with Gasteiger partial charge in [0.05, 0.1) is 13.0 Å². The Balaban J connectivity index is 0.00000242. The fourth-order valence-corrected chi connectivity index (χ4v) is 2.70. The average molecular weight is 327 g/mol. The zero-order valence-corrected chi connectivity index (χ0v) is 14.5. The molecular formula is C17H27ClN2O2. The molecule has 124 valence electrons. The van der Waals surface area contributed by atoms with Gasteiger partial charge in [0.15, 0.2) is 0 Å². The normalized spacial score (nSPS) is 20.9. The van der Waals surface area contributed by atoms with Crippen molar-refractivity contribution in [1.29, 1.82) is 0 Å². The number of hydrogen-bond acceptors (Lipinski definition) is 3. The predicted molar refractivity (Wildman–Crippen MR) is 91.9 cm³/mol. The van der Waals surface area contributed by atoms with Crippen molar-refractivity contribution in [2.75, 3.05) is 13.2 Å². The van der Waals surface area contributed by atoms with Crippen LogP contribution >= 0.6 is 12.4 Å². The lowest BCUT2D eigenvalue weighted by molar-refractivity contribution is -0.122. The van der Waals surface area contributed by atoms with Crippen LogP contribution in [-0.2, 0) is 4.79 Å². The molecule has 5 heteroatoms. The molecule has 2 atom stereocenters. The quantitative estimate of drug-likeness (QED) is 0.874. The highest BCUT2D eigenvalue weighted by atomic mass is 35.5. The Bertz CT molecular complexity index is 494. The van der Waals surface area contributed by atoms with Crippen LogP contribution in [0.3, 0.4) is 0 Å². The molecule has 22 heavy (non-hydrogen) atoms. The Morgan fingerprint density at radius 2 is 2.18 bits per heavy atom. The number of carbonyl (C=O) groups excluding carboxylic acids is 1. The molecule has 2 N–H and O–H groups in total. The topological polar surface area (TPSA) is 50.4 Å². The molecule has 0 aromatic heterocycles. The molecule has 1 aromatic carbocycles. The Hall–Kier alpha value is -1.26. The van der Waals surface area contributed by atoms with Gasteiger partial charge in [0, 0.05) is 12.1 Å². The summed E-state index contributed by atoms with van der Waals surface area (Å²) in [5.41, 5.74) is 2.35. The molecule has 4 nitrogen and oxygen atoms in total. The van der Waals surface area contributed by atoms with Crippen LogP contribution in [0.5, 0.6) is 5.75 Å². The van der Waals surface area contributed by atoms with Crippen molar-refractivity contribution in [3.05, 3.63) is 29.3 Å². The minimum atomic E-state index is 0. The number of benzene rings is 1. The Morgan fingerprint density at radius 1 is 1.41 bits per heavy atom. The van der Waals surface area contributed by atoms with E-state index in [4.69, 9.17) is 4.74 Å². The van der Waals surface area contributed by atoms with Gasteiger partial charge in [0.1, 0.15) is 5.75 Å². The number of hydrogen-bond donors (Lipinski definition) is 2. The van der Waals surface area contributed by atoms with Crippen molar-refractivity contribution in [2.24, 2.45) is 0 Å². The summed E-state index contributed by atoms with van der Waals surface area (Å²) >= 11 is 0. The highest BCUT2D eigenvalue weighted by Gasteiger charge is 2.19. The van der Waals surface area contributed by atoms with Gasteiger partial charge in [-0.25, -0.2) is 0 Å². The van der Waals surface area contributed by atoms with Gasteiger partial charge >= 0.3 is 0 Å². The summed E-state index contributed by atoms with van der Waals surface area (Å²) in [6, 6.07) is 6.78. The first-order chi connectivity index (χ1) is 10.1. The summed E-state index contributed by atoms with van der Waals surface area (Å²) < 4.78 is 5.73. The van der Waals surface area contributed by atoms with Crippen molar-refractivity contribution in [3.8, 4) is 5.75 Å². The maximum Gasteiger partial charge on any atom is 0.223 e. The first-order valence-corrected chi connectivity index (χ1v) is 7.78. The van der Waals surface area contributed by atoms with Crippen LogP contribution < -0.4 is 15.4 Å². The van der Waals surface area contributed by atoms with E-state index in [-0.39, 0.29) is 18.3 Å². The number of carbonyl (C=O) groups is 1. The third kappa shape index (κ3) is 5.50. The molecule has 1 fully saturated rings. The second kappa shape index (κ2) is 9.01. The Morgan fingerprint density at radius 3 is 2.91 bits per heavy atom. The van der Waals surface area contributed by atoms with Gasteiger partial charge in [0.2, 0.25) is 5.91 Å². The van der Waals surface area contributed by atoms with Crippen molar-refractivity contribution >= 4 is 18.3 Å². The van der Waals surface area contributed by atoms with E-state index in [0.717, 1.165) is 30.7 Å². The lowest BCUT2D eigenvalue weighted by atomic mass is 10.0. The minimum Gasteiger partial charge on any atom is -0.493 e. The standard InChI is InChI=1S/C17H26N2O2.ClH/c1-12-5-4-6-16(14(12)3)21-10-8-17(20)19-15-7-9-18-13(2)11-15;/h4-6,13,15,18H,7-11H2,1-3H3,(H,19,20);1H. The van der Waals surface area contributed by atoms with Gasteiger partial charge in [-0.1, -0.05) is 12.1 Å². The summed E-state index contributed by atoms with van der Waals surface area (Å²) in [6.45, 7) is 7.66. The maximum absolute atomic E-state index is 11.9. The number of aryl methyl sites for hydroxylation is 1. The summed E-state index contributed by atoms with van der Waals surface area (Å²) in [4.78, 5) is 11.9. The molecule has 1 saturated heterocycles. The number of rotatable bonds is 5. The molecule has 0 spiro atoms. The summed E-state index contributed by atoms with van der Waals surface area (Å²) in [5, 5.41) is 6.49. The third-order valence-electron chi connectivity index (χ3n) is 4.13. The lowest BCUT2D eigenvalue weighted by Crippen LogP contribution is -2.46. The maximum atomic E-state index is 11.9. The van der Waals surface area contributed by atoms with Crippen molar-refractivity contribution in [3.63, 3.8) is 0 Å². The molecule has 0 bridgehead atoms. The average Bonchev–Trinajstić information content (AvgIpc) is 2.43. The van der Waals surface area contributed by atoms with Crippen LogP contribution in [0.4, 0.5) is 0 Å². The predicted octanol–water partition coefficient (Wildman–Crippen LogP) is 2.75. The summed E-state index contributed by atoms with van der Waals surface area (Å²) in [6.07, 6.45) is 2.42. The number of ether oxygens (including phenoxy) is 1. The first kappa shape index (κ1) is 18.8. The van der Waals surface area contributed by atoms with E-state index < -0.39 is 0 Å². The molecule has 0 saturated carbocycles. The molecular weight excluding hydrogens is 300 g/mol. The Kier molecular flexibility index (Phi) is 7.69. The fraction of sp³-hybridized carbons (Fsp3) is 0.588. The van der Waals surface area contributed by atoms with Crippen LogP contribution in [0.25, 0.3) is 0 Å². The Labute approximate surface area is 139 Å². The summed E-state index contributed by atoms with van der Waals surface area (Å²) in [5.74, 6) is 0.956. The number of halogens is 1. The molecule has 2 unspecified atom stereocenters. The van der Waals surface area contributed by atoms with Gasteiger partial charge in [-0.15, -0.1) is 12.4 Å². The molecule has 1 aliphatic heterocycles. The number of piperidine rings is 1. The van der Waals surface area contributed by atoms with E-state index in [1.54, 1.807) is 0 Å². The fourth-order valence-electron chi connectivity index (χ4n) is 2.70. The van der Waals surface area contributed by atoms with Gasteiger partial charge in [-0.05, 0) is 57.4 Å². The minimum absolute atomic E-state index is 0. The number of amides is 1. The molecule has 2 rings (SSSR count). The molecule has 1 aromatic rings. The van der Waals surface area contributed by atoms with Gasteiger partial charge < -0.3 is 15.4 Å². The largest absolute Gasteiger partial charge is 0.493 e. The first-order valence-electron chi connectivity index (χ1n) is 7.78. The molecule has 0 radical (unpaired) electrons. The highest BCUT2D eigenvalue weighted by molar-refractivity contribution is 5.85. The second-order valence-electron chi connectivity index (χ2n) is 5.94. The van der Waals surface area contributed by atoms with Crippen LogP contribution in [0.15, 0.2) is 18.2 Å². The molecule has 1 heterocycles. The SMILES string of the molecule is Cc1cccc(OCCC(=O)NC2CCNC(C)C2)c1C.Cl. The number of nitrogens with one attached hydrogen (secondary N) is 2. The van der Waals surface area contributed by atoms with Crippen LogP contribution in [0.2, 0.25) is 0 Å². The van der Waals surface area contributed by atoms with E-state index in [1.165, 1.54) is 5.56 Å². The third-order valence-corrected chi connectivity index (χ3v) is 4.13. The van der Waals surface area contributed by atoms with Gasteiger partial charge in [-0.2, -0.15) is 0 Å². The van der Waals surface area contributed by atoms with E-state index in [0.29, 0.717) is 25.1 Å². The van der Waals surface area contributed by atoms with Crippen LogP contribution in [0.1, 0.15) is 37.3 Å². The monoisotopic (exact) mass is 326 g/mol. The van der Waals surface area contributed by atoms with Crippen molar-refractivity contribution < 1.29 is 9.53 Å². The zero-order chi connectivity index (χ0) is 15.2. The second-order valence-corrected chi connectivity index (χ2v) is 5.94. The summed E-state index contributed by atoms with van der Waals surface area (Å²) in [7, 11) is 0. The van der Waals surface area contributed by atoms with Crippen LogP contribution in [0, 0.1) is 13.8 Å². The van der Waals surface area contributed by atoms with Crippen molar-refractivity contribution in [2.45, 2.75) is 52.1 Å². The van der Waals surface area contributed by atoms with Gasteiger partial charge in [0.25, 0.3) is 0 Å². The molecule has 1 amide bonds. The van der Waals surface area contributed by atoms with E-state index in [2.05, 4.69) is 30.5 Å². The van der Waals surface area contributed by atoms with Crippen LogP contribution in [-0.4, -0.2) is 31.1 Å². The van der Waals surface area contributed by atoms with E-state index >= 15 is 0 Å². The molecule has 0 aliphatic carbocycles. The van der Waals surface area contributed by atoms with E-state index in [1.807, 2.05) is 19.1 Å². The lowest BCUT2D eigenvalue weighted by Gasteiger charge is -2.28. The smallest absolute Gasteiger partial charge is 0.223 e. The highest BCUT2D eigenvalue weighted by Crippen LogP contribution is 2.20. The zero-order valence-electron chi connectivity index (χ0n) is 13.6. The van der Waals surface area contributed by atoms with Crippen molar-refractivity contribution in [1.82, 2.24) is 10.6 Å². The van der Waals surface area contributed by atoms with Gasteiger partial charge in [-0.3, -0.25) is 4.79 Å². The molecule has 1 aliphatic rings.